The van der Waals surface area contributed by atoms with E-state index >= 15 is 0 Å². The quantitative estimate of drug-likeness (QED) is 0.261. The molecule has 0 N–H and O–H groups in total. The van der Waals surface area contributed by atoms with E-state index in [1.165, 1.54) is 6.08 Å². The Balaban J connectivity index is 1.54. The number of carbonyl (C=O) groups is 2. The van der Waals surface area contributed by atoms with Gasteiger partial charge < -0.3 is 18.9 Å². The number of ether oxygens (including phenoxy) is 4. The van der Waals surface area contributed by atoms with Gasteiger partial charge >= 0.3 is 11.9 Å². The van der Waals surface area contributed by atoms with Crippen LogP contribution in [0.4, 0.5) is 0 Å². The first-order valence-electron chi connectivity index (χ1n) is 10.9. The van der Waals surface area contributed by atoms with Crippen LogP contribution in [0.5, 0.6) is 17.2 Å². The molecule has 0 saturated heterocycles. The lowest BCUT2D eigenvalue weighted by molar-refractivity contribution is -0.130. The Morgan fingerprint density at radius 3 is 2.57 bits per heavy atom. The number of hydrogen-bond acceptors (Lipinski definition) is 7. The molecule has 0 aliphatic carbocycles. The second-order valence-corrected chi connectivity index (χ2v) is 7.37. The molecule has 0 bridgehead atoms. The highest BCUT2D eigenvalue weighted by Gasteiger charge is 2.24. The summed E-state index contributed by atoms with van der Waals surface area (Å²) in [7, 11) is 1.56. The van der Waals surface area contributed by atoms with Crippen molar-refractivity contribution in [2.45, 2.75) is 6.92 Å². The Bertz CT molecular complexity index is 1320. The van der Waals surface area contributed by atoms with Crippen molar-refractivity contribution in [3.63, 3.8) is 0 Å². The maximum absolute atomic E-state index is 12.4. The SMILES string of the molecule is CCOc1cc(/C=C2\N=C(c3cccc(OC)c3)OC2=O)ccc1OC(=O)/C=C/c1ccccc1. The van der Waals surface area contributed by atoms with Gasteiger partial charge in [-0.05, 0) is 60.5 Å². The number of nitrogens with zero attached hydrogens (tertiary/aromatic N) is 1. The minimum Gasteiger partial charge on any atom is -0.497 e. The molecular weight excluding hydrogens is 446 g/mol. The summed E-state index contributed by atoms with van der Waals surface area (Å²) in [6.45, 7) is 2.19. The van der Waals surface area contributed by atoms with Crippen LogP contribution in [0, 0.1) is 0 Å². The summed E-state index contributed by atoms with van der Waals surface area (Å²) >= 11 is 0. The van der Waals surface area contributed by atoms with E-state index in [9.17, 15) is 9.59 Å². The van der Waals surface area contributed by atoms with E-state index in [2.05, 4.69) is 4.99 Å². The zero-order valence-electron chi connectivity index (χ0n) is 19.3. The van der Waals surface area contributed by atoms with Crippen LogP contribution in [0.25, 0.3) is 12.2 Å². The van der Waals surface area contributed by atoms with E-state index in [4.69, 9.17) is 18.9 Å². The monoisotopic (exact) mass is 469 g/mol. The molecule has 176 valence electrons. The van der Waals surface area contributed by atoms with Crippen molar-refractivity contribution in [3.8, 4) is 17.2 Å². The summed E-state index contributed by atoms with van der Waals surface area (Å²) < 4.78 is 21.7. The fraction of sp³-hybridized carbons (Fsp3) is 0.107. The third kappa shape index (κ3) is 6.03. The molecule has 3 aromatic rings. The van der Waals surface area contributed by atoms with Gasteiger partial charge in [0.1, 0.15) is 5.75 Å². The van der Waals surface area contributed by atoms with E-state index in [1.807, 2.05) is 37.3 Å². The zero-order chi connectivity index (χ0) is 24.6. The first kappa shape index (κ1) is 23.5. The van der Waals surface area contributed by atoms with E-state index < -0.39 is 11.9 Å². The van der Waals surface area contributed by atoms with Gasteiger partial charge in [-0.2, -0.15) is 0 Å². The predicted octanol–water partition coefficient (Wildman–Crippen LogP) is 5.06. The maximum atomic E-state index is 12.4. The highest BCUT2D eigenvalue weighted by molar-refractivity contribution is 6.13. The lowest BCUT2D eigenvalue weighted by atomic mass is 10.1. The molecule has 1 heterocycles. The van der Waals surface area contributed by atoms with Gasteiger partial charge in [-0.1, -0.05) is 42.5 Å². The van der Waals surface area contributed by atoms with Crippen molar-refractivity contribution in [1.29, 1.82) is 0 Å². The number of esters is 2. The standard InChI is InChI=1S/C28H23NO6/c1-3-33-25-17-20(12-14-24(25)34-26(30)15-13-19-8-5-4-6-9-19)16-23-28(31)35-27(29-23)21-10-7-11-22(18-21)32-2/h4-18H,3H2,1-2H3/b15-13+,23-16-. The molecule has 0 saturated carbocycles. The van der Waals surface area contributed by atoms with Gasteiger partial charge in [-0.25, -0.2) is 14.6 Å². The molecule has 35 heavy (non-hydrogen) atoms. The van der Waals surface area contributed by atoms with Gasteiger partial charge in [-0.15, -0.1) is 0 Å². The lowest BCUT2D eigenvalue weighted by Gasteiger charge is -2.10. The predicted molar refractivity (Wildman–Crippen MR) is 132 cm³/mol. The van der Waals surface area contributed by atoms with Gasteiger partial charge in [0.05, 0.1) is 13.7 Å². The van der Waals surface area contributed by atoms with Gasteiger partial charge in [0, 0.05) is 11.6 Å². The van der Waals surface area contributed by atoms with Crippen LogP contribution < -0.4 is 14.2 Å². The summed E-state index contributed by atoms with van der Waals surface area (Å²) in [4.78, 5) is 29.0. The molecule has 3 aromatic carbocycles. The maximum Gasteiger partial charge on any atom is 0.363 e. The molecule has 0 fully saturated rings. The molecule has 0 amide bonds. The third-order valence-electron chi connectivity index (χ3n) is 4.93. The topological polar surface area (TPSA) is 83.4 Å². The smallest absolute Gasteiger partial charge is 0.363 e. The molecule has 0 atom stereocenters. The molecule has 0 spiro atoms. The Hall–Kier alpha value is -4.65. The van der Waals surface area contributed by atoms with Crippen LogP contribution in [0.3, 0.4) is 0 Å². The molecule has 4 rings (SSSR count). The molecule has 7 nitrogen and oxygen atoms in total. The van der Waals surface area contributed by atoms with Crippen molar-refractivity contribution in [2.75, 3.05) is 13.7 Å². The second-order valence-electron chi connectivity index (χ2n) is 7.37. The number of aliphatic imine (C=N–C) groups is 1. The second kappa shape index (κ2) is 11.0. The molecule has 1 aliphatic heterocycles. The van der Waals surface area contributed by atoms with Gasteiger partial charge in [0.15, 0.2) is 17.2 Å². The number of cyclic esters (lactones) is 1. The van der Waals surface area contributed by atoms with Crippen molar-refractivity contribution in [2.24, 2.45) is 4.99 Å². The third-order valence-corrected chi connectivity index (χ3v) is 4.93. The summed E-state index contributed by atoms with van der Waals surface area (Å²) in [6, 6.07) is 21.5. The van der Waals surface area contributed by atoms with Crippen LogP contribution in [0.15, 0.2) is 89.6 Å². The molecule has 0 radical (unpaired) electrons. The summed E-state index contributed by atoms with van der Waals surface area (Å²) in [6.07, 6.45) is 4.61. The summed E-state index contributed by atoms with van der Waals surface area (Å²) in [5, 5.41) is 0. The van der Waals surface area contributed by atoms with Crippen LogP contribution in [-0.2, 0) is 14.3 Å². The average molecular weight is 469 g/mol. The van der Waals surface area contributed by atoms with Gasteiger partial charge in [0.2, 0.25) is 5.90 Å². The Morgan fingerprint density at radius 2 is 1.80 bits per heavy atom. The van der Waals surface area contributed by atoms with Crippen LogP contribution in [0.1, 0.15) is 23.6 Å². The molecule has 0 aromatic heterocycles. The lowest BCUT2D eigenvalue weighted by Crippen LogP contribution is -2.06. The highest BCUT2D eigenvalue weighted by atomic mass is 16.6. The number of methoxy groups -OCH3 is 1. The first-order chi connectivity index (χ1) is 17.1. The van der Waals surface area contributed by atoms with E-state index in [-0.39, 0.29) is 17.3 Å². The normalized spacial score (nSPS) is 14.1. The molecular formula is C28H23NO6. The van der Waals surface area contributed by atoms with Crippen molar-refractivity contribution >= 4 is 30.0 Å². The minimum absolute atomic E-state index is 0.140. The molecule has 0 unspecified atom stereocenters. The van der Waals surface area contributed by atoms with E-state index in [1.54, 1.807) is 61.7 Å². The Labute approximate surface area is 202 Å². The van der Waals surface area contributed by atoms with Crippen LogP contribution in [0.2, 0.25) is 0 Å². The van der Waals surface area contributed by atoms with Crippen LogP contribution >= 0.6 is 0 Å². The number of benzene rings is 3. The van der Waals surface area contributed by atoms with Crippen LogP contribution in [-0.4, -0.2) is 31.6 Å². The number of hydrogen-bond donors (Lipinski definition) is 0. The summed E-state index contributed by atoms with van der Waals surface area (Å²) in [5.74, 6) is 0.359. The average Bonchev–Trinajstić information content (AvgIpc) is 3.25. The minimum atomic E-state index is -0.567. The fourth-order valence-corrected chi connectivity index (χ4v) is 3.28. The van der Waals surface area contributed by atoms with Crippen molar-refractivity contribution in [3.05, 3.63) is 101 Å². The fourth-order valence-electron chi connectivity index (χ4n) is 3.28. The van der Waals surface area contributed by atoms with Gasteiger partial charge in [0.25, 0.3) is 0 Å². The molecule has 1 aliphatic rings. The Kier molecular flexibility index (Phi) is 7.37. The van der Waals surface area contributed by atoms with E-state index in [0.717, 1.165) is 5.56 Å². The largest absolute Gasteiger partial charge is 0.497 e. The highest BCUT2D eigenvalue weighted by Crippen LogP contribution is 2.30. The summed E-state index contributed by atoms with van der Waals surface area (Å²) in [5.41, 5.74) is 2.28. The van der Waals surface area contributed by atoms with Gasteiger partial charge in [-0.3, -0.25) is 0 Å². The van der Waals surface area contributed by atoms with Crippen molar-refractivity contribution in [1.82, 2.24) is 0 Å². The zero-order valence-corrected chi connectivity index (χ0v) is 19.3. The van der Waals surface area contributed by atoms with Crippen molar-refractivity contribution < 1.29 is 28.5 Å². The Morgan fingerprint density at radius 1 is 0.971 bits per heavy atom. The number of carbonyl (C=O) groups excluding carboxylic acids is 2. The first-order valence-corrected chi connectivity index (χ1v) is 10.9. The number of rotatable bonds is 8. The molecule has 7 heteroatoms. The van der Waals surface area contributed by atoms with E-state index in [0.29, 0.717) is 29.2 Å².